The number of ether oxygens (including phenoxy) is 2. The van der Waals surface area contributed by atoms with Crippen LogP contribution in [-0.4, -0.2) is 31.3 Å². The Labute approximate surface area is 139 Å². The molecule has 0 saturated carbocycles. The molecule has 0 N–H and O–H groups in total. The Bertz CT molecular complexity index is 461. The van der Waals surface area contributed by atoms with Gasteiger partial charge in [-0.2, -0.15) is 0 Å². The van der Waals surface area contributed by atoms with Gasteiger partial charge in [0.25, 0.3) is 0 Å². The molecule has 1 aromatic carbocycles. The van der Waals surface area contributed by atoms with Gasteiger partial charge < -0.3 is 18.5 Å². The van der Waals surface area contributed by atoms with Crippen molar-refractivity contribution >= 4 is 7.60 Å². The van der Waals surface area contributed by atoms with Gasteiger partial charge in [-0.15, -0.1) is 0 Å². The van der Waals surface area contributed by atoms with E-state index in [1.807, 2.05) is 65.0 Å². The summed E-state index contributed by atoms with van der Waals surface area (Å²) in [7, 11) is -3.25. The molecule has 1 rings (SSSR count). The highest BCUT2D eigenvalue weighted by Gasteiger charge is 2.29. The summed E-state index contributed by atoms with van der Waals surface area (Å²) < 4.78 is 34.7. The molecule has 0 saturated heterocycles. The van der Waals surface area contributed by atoms with Crippen LogP contribution in [0.3, 0.4) is 0 Å². The third-order valence-corrected chi connectivity index (χ3v) is 4.68. The van der Waals surface area contributed by atoms with Gasteiger partial charge in [0.2, 0.25) is 0 Å². The molecule has 6 heteroatoms. The third-order valence-electron chi connectivity index (χ3n) is 2.72. The SMILES string of the molecule is CC(C)OP(=O)(CO[C@H](C)COCc1ccccc1)OC(C)C. The summed E-state index contributed by atoms with van der Waals surface area (Å²) in [6.07, 6.45) is -0.640. The molecule has 0 spiro atoms. The van der Waals surface area contributed by atoms with Crippen LogP contribution in [0.5, 0.6) is 0 Å². The number of rotatable bonds is 11. The average Bonchev–Trinajstić information content (AvgIpc) is 2.44. The van der Waals surface area contributed by atoms with Gasteiger partial charge in [0.1, 0.15) is 6.35 Å². The summed E-state index contributed by atoms with van der Waals surface area (Å²) in [5.41, 5.74) is 1.11. The zero-order chi connectivity index (χ0) is 17.3. The number of hydrogen-bond acceptors (Lipinski definition) is 5. The first kappa shape index (κ1) is 20.3. The molecule has 1 aromatic rings. The maximum atomic E-state index is 12.6. The molecule has 0 aliphatic heterocycles. The first-order valence-corrected chi connectivity index (χ1v) is 9.72. The highest BCUT2D eigenvalue weighted by molar-refractivity contribution is 7.53. The predicted octanol–water partition coefficient (Wildman–Crippen LogP) is 4.61. The predicted molar refractivity (Wildman–Crippen MR) is 91.6 cm³/mol. The van der Waals surface area contributed by atoms with Crippen molar-refractivity contribution in [3.63, 3.8) is 0 Å². The van der Waals surface area contributed by atoms with Crippen molar-refractivity contribution in [3.8, 4) is 0 Å². The maximum absolute atomic E-state index is 12.6. The van der Waals surface area contributed by atoms with Gasteiger partial charge in [-0.25, -0.2) is 0 Å². The van der Waals surface area contributed by atoms with E-state index >= 15 is 0 Å². The fraction of sp³-hybridized carbons (Fsp3) is 0.647. The van der Waals surface area contributed by atoms with E-state index in [1.54, 1.807) is 0 Å². The molecule has 23 heavy (non-hydrogen) atoms. The zero-order valence-corrected chi connectivity index (χ0v) is 15.6. The zero-order valence-electron chi connectivity index (χ0n) is 14.7. The molecule has 1 atom stereocenters. The van der Waals surface area contributed by atoms with Crippen molar-refractivity contribution in [1.29, 1.82) is 0 Å². The van der Waals surface area contributed by atoms with Gasteiger partial charge >= 0.3 is 7.60 Å². The lowest BCUT2D eigenvalue weighted by atomic mass is 10.2. The number of benzene rings is 1. The lowest BCUT2D eigenvalue weighted by Crippen LogP contribution is -2.19. The van der Waals surface area contributed by atoms with Gasteiger partial charge in [0, 0.05) is 0 Å². The van der Waals surface area contributed by atoms with E-state index in [1.165, 1.54) is 0 Å². The van der Waals surface area contributed by atoms with Gasteiger partial charge in [-0.05, 0) is 40.2 Å². The summed E-state index contributed by atoms with van der Waals surface area (Å²) in [6, 6.07) is 9.93. The number of hydrogen-bond donors (Lipinski definition) is 0. The van der Waals surface area contributed by atoms with Gasteiger partial charge in [-0.3, -0.25) is 4.57 Å². The van der Waals surface area contributed by atoms with Crippen molar-refractivity contribution in [2.75, 3.05) is 13.0 Å². The molecular weight excluding hydrogens is 315 g/mol. The highest BCUT2D eigenvalue weighted by Crippen LogP contribution is 2.50. The van der Waals surface area contributed by atoms with Crippen molar-refractivity contribution in [1.82, 2.24) is 0 Å². The summed E-state index contributed by atoms with van der Waals surface area (Å²) in [6.45, 7) is 10.1. The third kappa shape index (κ3) is 9.23. The first-order valence-electron chi connectivity index (χ1n) is 8.00. The average molecular weight is 344 g/mol. The van der Waals surface area contributed by atoms with Crippen LogP contribution in [0.25, 0.3) is 0 Å². The fourth-order valence-electron chi connectivity index (χ4n) is 1.91. The van der Waals surface area contributed by atoms with Crippen LogP contribution in [0, 0.1) is 0 Å². The van der Waals surface area contributed by atoms with Crippen LogP contribution in [0.15, 0.2) is 30.3 Å². The van der Waals surface area contributed by atoms with Crippen molar-refractivity contribution in [2.24, 2.45) is 0 Å². The second-order valence-corrected chi connectivity index (χ2v) is 7.93. The molecule has 0 radical (unpaired) electrons. The van der Waals surface area contributed by atoms with E-state index in [2.05, 4.69) is 0 Å². The molecule has 0 aliphatic rings. The Morgan fingerprint density at radius 3 is 2.04 bits per heavy atom. The minimum absolute atomic E-state index is 0.0702. The highest BCUT2D eigenvalue weighted by atomic mass is 31.2. The lowest BCUT2D eigenvalue weighted by Gasteiger charge is -2.24. The summed E-state index contributed by atoms with van der Waals surface area (Å²) in [5.74, 6) is 0. The van der Waals surface area contributed by atoms with Crippen LogP contribution >= 0.6 is 7.60 Å². The monoisotopic (exact) mass is 344 g/mol. The molecule has 0 amide bonds. The Balaban J connectivity index is 2.36. The van der Waals surface area contributed by atoms with Crippen molar-refractivity contribution < 1.29 is 23.1 Å². The van der Waals surface area contributed by atoms with Gasteiger partial charge in [0.05, 0.1) is 31.5 Å². The Hall–Kier alpha value is -0.710. The molecule has 0 aliphatic carbocycles. The van der Waals surface area contributed by atoms with Crippen LogP contribution in [-0.2, 0) is 29.7 Å². The van der Waals surface area contributed by atoms with Crippen LogP contribution in [0.4, 0.5) is 0 Å². The van der Waals surface area contributed by atoms with Crippen molar-refractivity contribution in [2.45, 2.75) is 59.5 Å². The van der Waals surface area contributed by atoms with Crippen molar-refractivity contribution in [3.05, 3.63) is 35.9 Å². The largest absolute Gasteiger partial charge is 0.374 e. The van der Waals surface area contributed by atoms with Gasteiger partial charge in [-0.1, -0.05) is 30.3 Å². The van der Waals surface area contributed by atoms with E-state index in [9.17, 15) is 4.57 Å². The molecule has 0 aromatic heterocycles. The molecule has 0 fully saturated rings. The topological polar surface area (TPSA) is 54.0 Å². The van der Waals surface area contributed by atoms with E-state index in [4.69, 9.17) is 18.5 Å². The molecule has 0 unspecified atom stereocenters. The maximum Gasteiger partial charge on any atom is 0.356 e. The molecule has 0 bridgehead atoms. The van der Waals surface area contributed by atoms with E-state index in [0.29, 0.717) is 13.2 Å². The first-order chi connectivity index (χ1) is 10.8. The van der Waals surface area contributed by atoms with Crippen LogP contribution < -0.4 is 0 Å². The summed E-state index contributed by atoms with van der Waals surface area (Å²) in [5, 5.41) is 0. The Kier molecular flexibility index (Phi) is 9.03. The lowest BCUT2D eigenvalue weighted by molar-refractivity contribution is -0.00527. The van der Waals surface area contributed by atoms with E-state index in [-0.39, 0.29) is 24.7 Å². The minimum atomic E-state index is -3.25. The second kappa shape index (κ2) is 10.2. The molecule has 132 valence electrons. The fourth-order valence-corrected chi connectivity index (χ4v) is 3.81. The summed E-state index contributed by atoms with van der Waals surface area (Å²) in [4.78, 5) is 0. The standard InChI is InChI=1S/C17H29O5P/c1-14(2)21-23(18,22-15(3)4)13-20-16(5)11-19-12-17-9-7-6-8-10-17/h6-10,14-16H,11-13H2,1-5H3/t16-/m1/s1. The van der Waals surface area contributed by atoms with E-state index in [0.717, 1.165) is 5.56 Å². The van der Waals surface area contributed by atoms with Crippen LogP contribution in [0.1, 0.15) is 40.2 Å². The minimum Gasteiger partial charge on any atom is -0.374 e. The normalized spacial score (nSPS) is 13.7. The molecule has 5 nitrogen and oxygen atoms in total. The van der Waals surface area contributed by atoms with Gasteiger partial charge in [0.15, 0.2) is 0 Å². The summed E-state index contributed by atoms with van der Waals surface area (Å²) >= 11 is 0. The van der Waals surface area contributed by atoms with Crippen LogP contribution in [0.2, 0.25) is 0 Å². The molecule has 0 heterocycles. The Morgan fingerprint density at radius 1 is 0.957 bits per heavy atom. The second-order valence-electron chi connectivity index (χ2n) is 6.03. The quantitative estimate of drug-likeness (QED) is 0.549. The smallest absolute Gasteiger partial charge is 0.356 e. The Morgan fingerprint density at radius 2 is 1.52 bits per heavy atom. The van der Waals surface area contributed by atoms with E-state index < -0.39 is 7.60 Å². The molecular formula is C17H29O5P.